The number of likely N-dealkylation sites (tertiary alicyclic amines) is 1. The van der Waals surface area contributed by atoms with E-state index in [1.807, 2.05) is 12.1 Å². The molecule has 0 atom stereocenters. The van der Waals surface area contributed by atoms with Crippen LogP contribution in [0, 0.1) is 11.7 Å². The highest BCUT2D eigenvalue weighted by Gasteiger charge is 2.18. The highest BCUT2D eigenvalue weighted by Crippen LogP contribution is 2.24. The first kappa shape index (κ1) is 14.5. The number of hydrogen-bond donors (Lipinski definition) is 0. The Hall–Kier alpha value is -0.890. The number of benzene rings is 1. The Morgan fingerprint density at radius 2 is 1.95 bits per heavy atom. The minimum atomic E-state index is -0.0663. The van der Waals surface area contributed by atoms with E-state index in [9.17, 15) is 4.39 Å². The summed E-state index contributed by atoms with van der Waals surface area (Å²) < 4.78 is 13.7. The molecular weight excluding hydrogens is 237 g/mol. The van der Waals surface area contributed by atoms with Gasteiger partial charge in [0.25, 0.3) is 0 Å². The van der Waals surface area contributed by atoms with Crippen LogP contribution < -0.4 is 0 Å². The van der Waals surface area contributed by atoms with Gasteiger partial charge in [-0.25, -0.2) is 4.39 Å². The van der Waals surface area contributed by atoms with Crippen LogP contribution in [0.5, 0.6) is 0 Å². The summed E-state index contributed by atoms with van der Waals surface area (Å²) in [6.07, 6.45) is 3.94. The molecule has 0 aromatic heterocycles. The molecule has 0 N–H and O–H groups in total. The van der Waals surface area contributed by atoms with Crippen LogP contribution in [0.1, 0.15) is 57.1 Å². The van der Waals surface area contributed by atoms with E-state index in [1.165, 1.54) is 37.9 Å². The molecule has 1 aromatic carbocycles. The first-order valence-electron chi connectivity index (χ1n) is 7.60. The Labute approximate surface area is 116 Å². The van der Waals surface area contributed by atoms with Gasteiger partial charge in [0.15, 0.2) is 0 Å². The lowest BCUT2D eigenvalue weighted by Crippen LogP contribution is -2.33. The molecule has 106 valence electrons. The third-order valence-electron chi connectivity index (χ3n) is 4.37. The topological polar surface area (TPSA) is 3.24 Å². The molecule has 1 heterocycles. The van der Waals surface area contributed by atoms with Crippen molar-refractivity contribution in [1.29, 1.82) is 0 Å². The Bertz CT molecular complexity index is 406. The van der Waals surface area contributed by atoms with Gasteiger partial charge in [0.1, 0.15) is 5.82 Å². The van der Waals surface area contributed by atoms with Crippen molar-refractivity contribution in [2.75, 3.05) is 13.1 Å². The molecule has 1 aliphatic rings. The molecule has 0 saturated carbocycles. The van der Waals surface area contributed by atoms with Crippen LogP contribution in [0.15, 0.2) is 18.2 Å². The number of piperidine rings is 1. The Kier molecular flexibility index (Phi) is 4.98. The van der Waals surface area contributed by atoms with Crippen molar-refractivity contribution in [2.24, 2.45) is 5.92 Å². The van der Waals surface area contributed by atoms with Crippen LogP contribution in [-0.2, 0) is 6.54 Å². The first-order chi connectivity index (χ1) is 9.10. The maximum Gasteiger partial charge on any atom is 0.126 e. The molecule has 0 radical (unpaired) electrons. The summed E-state index contributed by atoms with van der Waals surface area (Å²) in [4.78, 5) is 2.50. The summed E-state index contributed by atoms with van der Waals surface area (Å²) >= 11 is 0. The molecule has 1 aromatic rings. The number of hydrogen-bond acceptors (Lipinski definition) is 1. The van der Waals surface area contributed by atoms with E-state index in [2.05, 4.69) is 25.7 Å². The molecule has 0 bridgehead atoms. The lowest BCUT2D eigenvalue weighted by molar-refractivity contribution is 0.175. The minimum Gasteiger partial charge on any atom is -0.299 e. The van der Waals surface area contributed by atoms with E-state index in [0.717, 1.165) is 18.0 Å². The van der Waals surface area contributed by atoms with E-state index < -0.39 is 0 Å². The van der Waals surface area contributed by atoms with Gasteiger partial charge >= 0.3 is 0 Å². The largest absolute Gasteiger partial charge is 0.299 e. The molecule has 2 rings (SSSR count). The molecular formula is C17H26FN. The fraction of sp³-hybridized carbons (Fsp3) is 0.647. The van der Waals surface area contributed by atoms with Gasteiger partial charge in [0.2, 0.25) is 0 Å². The van der Waals surface area contributed by atoms with Gasteiger partial charge in [-0.15, -0.1) is 0 Å². The summed E-state index contributed by atoms with van der Waals surface area (Å²) in [5.74, 6) is 1.10. The van der Waals surface area contributed by atoms with Crippen molar-refractivity contribution >= 4 is 0 Å². The second-order valence-electron chi connectivity index (χ2n) is 6.14. The average Bonchev–Trinajstić information content (AvgIpc) is 2.41. The van der Waals surface area contributed by atoms with Gasteiger partial charge in [0.05, 0.1) is 0 Å². The predicted octanol–water partition coefficient (Wildman–Crippen LogP) is 4.57. The summed E-state index contributed by atoms with van der Waals surface area (Å²) in [5, 5.41) is 0. The molecule has 2 heteroatoms. The van der Waals surface area contributed by atoms with Crippen molar-refractivity contribution in [3.63, 3.8) is 0 Å². The van der Waals surface area contributed by atoms with Crippen molar-refractivity contribution in [3.05, 3.63) is 35.1 Å². The summed E-state index contributed by atoms with van der Waals surface area (Å²) in [7, 11) is 0. The van der Waals surface area contributed by atoms with Crippen LogP contribution in [0.3, 0.4) is 0 Å². The Morgan fingerprint density at radius 1 is 1.26 bits per heavy atom. The van der Waals surface area contributed by atoms with Gasteiger partial charge in [0, 0.05) is 6.54 Å². The van der Waals surface area contributed by atoms with Crippen molar-refractivity contribution in [1.82, 2.24) is 4.90 Å². The SMILES string of the molecule is CCC1CCN(Cc2ccc(F)c(C(C)C)c2)CC1. The summed E-state index contributed by atoms with van der Waals surface area (Å²) in [6, 6.07) is 5.61. The first-order valence-corrected chi connectivity index (χ1v) is 7.60. The minimum absolute atomic E-state index is 0.0663. The van der Waals surface area contributed by atoms with Crippen molar-refractivity contribution in [3.8, 4) is 0 Å². The van der Waals surface area contributed by atoms with Crippen molar-refractivity contribution < 1.29 is 4.39 Å². The van der Waals surface area contributed by atoms with Crippen LogP contribution in [0.25, 0.3) is 0 Å². The maximum atomic E-state index is 13.7. The number of rotatable bonds is 4. The fourth-order valence-electron chi connectivity index (χ4n) is 2.95. The van der Waals surface area contributed by atoms with E-state index in [0.29, 0.717) is 0 Å². The Morgan fingerprint density at radius 3 is 2.53 bits per heavy atom. The molecule has 1 aliphatic heterocycles. The molecule has 1 nitrogen and oxygen atoms in total. The van der Waals surface area contributed by atoms with Crippen LogP contribution in [-0.4, -0.2) is 18.0 Å². The van der Waals surface area contributed by atoms with Crippen LogP contribution in [0.2, 0.25) is 0 Å². The van der Waals surface area contributed by atoms with E-state index >= 15 is 0 Å². The molecule has 0 unspecified atom stereocenters. The standard InChI is InChI=1S/C17H26FN/c1-4-14-7-9-19(10-8-14)12-15-5-6-17(18)16(11-15)13(2)3/h5-6,11,13-14H,4,7-10,12H2,1-3H3. The van der Waals surface area contributed by atoms with Crippen LogP contribution in [0.4, 0.5) is 4.39 Å². The van der Waals surface area contributed by atoms with Gasteiger partial charge in [-0.05, 0) is 55.0 Å². The van der Waals surface area contributed by atoms with Gasteiger partial charge in [-0.3, -0.25) is 4.90 Å². The molecule has 0 spiro atoms. The zero-order valence-corrected chi connectivity index (χ0v) is 12.5. The summed E-state index contributed by atoms with van der Waals surface area (Å²) in [5.41, 5.74) is 2.10. The number of nitrogens with zero attached hydrogens (tertiary/aromatic N) is 1. The highest BCUT2D eigenvalue weighted by molar-refractivity contribution is 5.27. The number of halogens is 1. The smallest absolute Gasteiger partial charge is 0.126 e. The molecule has 19 heavy (non-hydrogen) atoms. The second-order valence-corrected chi connectivity index (χ2v) is 6.14. The zero-order valence-electron chi connectivity index (χ0n) is 12.5. The highest BCUT2D eigenvalue weighted by atomic mass is 19.1. The van der Waals surface area contributed by atoms with Crippen LogP contribution >= 0.6 is 0 Å². The van der Waals surface area contributed by atoms with E-state index in [4.69, 9.17) is 0 Å². The zero-order chi connectivity index (χ0) is 13.8. The molecule has 1 saturated heterocycles. The fourth-order valence-corrected chi connectivity index (χ4v) is 2.95. The summed E-state index contributed by atoms with van der Waals surface area (Å²) in [6.45, 7) is 9.73. The molecule has 1 fully saturated rings. The quantitative estimate of drug-likeness (QED) is 0.769. The second kappa shape index (κ2) is 6.51. The van der Waals surface area contributed by atoms with Gasteiger partial charge < -0.3 is 0 Å². The third kappa shape index (κ3) is 3.79. The van der Waals surface area contributed by atoms with Gasteiger partial charge in [-0.2, -0.15) is 0 Å². The van der Waals surface area contributed by atoms with Crippen molar-refractivity contribution in [2.45, 2.75) is 52.5 Å². The van der Waals surface area contributed by atoms with Gasteiger partial charge in [-0.1, -0.05) is 39.3 Å². The van der Waals surface area contributed by atoms with E-state index in [1.54, 1.807) is 6.07 Å². The maximum absolute atomic E-state index is 13.7. The third-order valence-corrected chi connectivity index (χ3v) is 4.37. The molecule has 0 amide bonds. The molecule has 0 aliphatic carbocycles. The lowest BCUT2D eigenvalue weighted by Gasteiger charge is -2.31. The normalized spacial score (nSPS) is 18.2. The average molecular weight is 263 g/mol. The Balaban J connectivity index is 1.98. The van der Waals surface area contributed by atoms with E-state index in [-0.39, 0.29) is 11.7 Å². The lowest BCUT2D eigenvalue weighted by atomic mass is 9.94. The predicted molar refractivity (Wildman–Crippen MR) is 78.8 cm³/mol. The monoisotopic (exact) mass is 263 g/mol.